The lowest BCUT2D eigenvalue weighted by atomic mass is 10.0. The van der Waals surface area contributed by atoms with E-state index in [1.807, 2.05) is 24.3 Å². The lowest BCUT2D eigenvalue weighted by molar-refractivity contribution is 0.415. The molecule has 1 aliphatic rings. The molecule has 3 nitrogen and oxygen atoms in total. The average Bonchev–Trinajstić information content (AvgIpc) is 3.00. The number of rotatable bonds is 3. The van der Waals surface area contributed by atoms with E-state index in [-0.39, 0.29) is 0 Å². The van der Waals surface area contributed by atoms with Crippen molar-refractivity contribution in [3.05, 3.63) is 40.1 Å². The Hall–Kier alpha value is -1.32. The van der Waals surface area contributed by atoms with E-state index in [9.17, 15) is 0 Å². The van der Waals surface area contributed by atoms with Crippen LogP contribution in [0.15, 0.2) is 24.3 Å². The monoisotopic (exact) mass is 322 g/mol. The van der Waals surface area contributed by atoms with Gasteiger partial charge in [0.05, 0.1) is 7.11 Å². The Labute approximate surface area is 134 Å². The number of nitrogens with zero attached hydrogens (tertiary/aromatic N) is 2. The zero-order valence-corrected chi connectivity index (χ0v) is 13.3. The first kappa shape index (κ1) is 14.6. The fraction of sp³-hybridized carbons (Fsp3) is 0.375. The number of ether oxygens (including phenoxy) is 1. The molecule has 1 saturated carbocycles. The Morgan fingerprint density at radius 3 is 2.10 bits per heavy atom. The zero-order valence-electron chi connectivity index (χ0n) is 11.8. The number of aromatic nitrogens is 2. The summed E-state index contributed by atoms with van der Waals surface area (Å²) in [6.07, 6.45) is 4.67. The van der Waals surface area contributed by atoms with Gasteiger partial charge in [-0.05, 0) is 43.0 Å². The van der Waals surface area contributed by atoms with Crippen LogP contribution in [0.3, 0.4) is 0 Å². The Kier molecular flexibility index (Phi) is 4.32. The SMILES string of the molecule is COc1ccc(-c2nc(Cl)c(C3CCCC3)c(Cl)n2)cc1. The summed E-state index contributed by atoms with van der Waals surface area (Å²) in [6, 6.07) is 7.53. The molecular weight excluding hydrogens is 307 g/mol. The van der Waals surface area contributed by atoms with Crippen LogP contribution in [-0.2, 0) is 0 Å². The molecule has 1 heterocycles. The van der Waals surface area contributed by atoms with E-state index in [1.165, 1.54) is 12.8 Å². The maximum absolute atomic E-state index is 6.36. The molecule has 0 spiro atoms. The van der Waals surface area contributed by atoms with Gasteiger partial charge in [0, 0.05) is 11.1 Å². The minimum absolute atomic E-state index is 0.398. The molecule has 1 aromatic heterocycles. The Morgan fingerprint density at radius 2 is 1.57 bits per heavy atom. The first-order chi connectivity index (χ1) is 10.2. The molecule has 0 unspecified atom stereocenters. The lowest BCUT2D eigenvalue weighted by Gasteiger charge is -2.13. The quantitative estimate of drug-likeness (QED) is 0.736. The highest BCUT2D eigenvalue weighted by Crippen LogP contribution is 2.40. The molecule has 0 saturated heterocycles. The van der Waals surface area contributed by atoms with Gasteiger partial charge in [0.15, 0.2) is 5.82 Å². The summed E-state index contributed by atoms with van der Waals surface area (Å²) >= 11 is 12.7. The van der Waals surface area contributed by atoms with E-state index in [1.54, 1.807) is 7.11 Å². The third kappa shape index (κ3) is 2.99. The van der Waals surface area contributed by atoms with Crippen LogP contribution < -0.4 is 4.74 Å². The summed E-state index contributed by atoms with van der Waals surface area (Å²) < 4.78 is 5.15. The van der Waals surface area contributed by atoms with Crippen LogP contribution in [0.25, 0.3) is 11.4 Å². The van der Waals surface area contributed by atoms with Crippen LogP contribution >= 0.6 is 23.2 Å². The minimum Gasteiger partial charge on any atom is -0.497 e. The summed E-state index contributed by atoms with van der Waals surface area (Å²) in [5, 5.41) is 0.959. The lowest BCUT2D eigenvalue weighted by Crippen LogP contribution is -2.01. The standard InChI is InChI=1S/C16H16Cl2N2O/c1-21-12-8-6-11(7-9-12)16-19-14(17)13(15(18)20-16)10-4-2-3-5-10/h6-10H,2-5H2,1H3. The molecule has 5 heteroatoms. The molecule has 0 bridgehead atoms. The van der Waals surface area contributed by atoms with Crippen LogP contribution in [-0.4, -0.2) is 17.1 Å². The van der Waals surface area contributed by atoms with E-state index in [0.29, 0.717) is 22.0 Å². The topological polar surface area (TPSA) is 35.0 Å². The fourth-order valence-corrected chi connectivity index (χ4v) is 3.53. The first-order valence-corrected chi connectivity index (χ1v) is 7.82. The molecule has 0 atom stereocenters. The van der Waals surface area contributed by atoms with Crippen molar-refractivity contribution in [1.82, 2.24) is 9.97 Å². The summed E-state index contributed by atoms with van der Waals surface area (Å²) in [5.74, 6) is 1.74. The van der Waals surface area contributed by atoms with E-state index in [4.69, 9.17) is 27.9 Å². The van der Waals surface area contributed by atoms with Gasteiger partial charge in [-0.25, -0.2) is 9.97 Å². The third-order valence-corrected chi connectivity index (χ3v) is 4.54. The van der Waals surface area contributed by atoms with Gasteiger partial charge in [-0.2, -0.15) is 0 Å². The molecule has 1 aliphatic carbocycles. The maximum atomic E-state index is 6.36. The molecule has 2 aromatic rings. The minimum atomic E-state index is 0.398. The zero-order chi connectivity index (χ0) is 14.8. The molecule has 0 amide bonds. The summed E-state index contributed by atoms with van der Waals surface area (Å²) in [4.78, 5) is 8.87. The van der Waals surface area contributed by atoms with Crippen LogP contribution in [0, 0.1) is 0 Å². The molecule has 0 aliphatic heterocycles. The van der Waals surface area contributed by atoms with Crippen LogP contribution in [0.2, 0.25) is 10.3 Å². The van der Waals surface area contributed by atoms with Crippen molar-refractivity contribution in [1.29, 1.82) is 0 Å². The van der Waals surface area contributed by atoms with Crippen molar-refractivity contribution in [2.75, 3.05) is 7.11 Å². The fourth-order valence-electron chi connectivity index (χ4n) is 2.84. The molecule has 3 rings (SSSR count). The van der Waals surface area contributed by atoms with Gasteiger partial charge in [-0.3, -0.25) is 0 Å². The number of benzene rings is 1. The second-order valence-corrected chi connectivity index (χ2v) is 5.97. The van der Waals surface area contributed by atoms with Crippen LogP contribution in [0.5, 0.6) is 5.75 Å². The van der Waals surface area contributed by atoms with Gasteiger partial charge in [0.2, 0.25) is 0 Å². The molecule has 1 fully saturated rings. The molecule has 110 valence electrons. The number of hydrogen-bond donors (Lipinski definition) is 0. The Balaban J connectivity index is 1.96. The van der Waals surface area contributed by atoms with E-state index >= 15 is 0 Å². The second kappa shape index (κ2) is 6.20. The van der Waals surface area contributed by atoms with E-state index in [2.05, 4.69) is 9.97 Å². The molecule has 21 heavy (non-hydrogen) atoms. The summed E-state index contributed by atoms with van der Waals surface area (Å²) in [6.45, 7) is 0. The van der Waals surface area contributed by atoms with Gasteiger partial charge in [0.1, 0.15) is 16.1 Å². The third-order valence-electron chi connectivity index (χ3n) is 3.96. The number of methoxy groups -OCH3 is 1. The molecule has 0 N–H and O–H groups in total. The van der Waals surface area contributed by atoms with Crippen molar-refractivity contribution in [2.45, 2.75) is 31.6 Å². The van der Waals surface area contributed by atoms with Gasteiger partial charge in [-0.15, -0.1) is 0 Å². The normalized spacial score (nSPS) is 15.4. The van der Waals surface area contributed by atoms with Gasteiger partial charge in [-0.1, -0.05) is 36.0 Å². The maximum Gasteiger partial charge on any atom is 0.162 e. The van der Waals surface area contributed by atoms with Crippen molar-refractivity contribution >= 4 is 23.2 Å². The second-order valence-electron chi connectivity index (χ2n) is 5.25. The number of halogens is 2. The van der Waals surface area contributed by atoms with Crippen molar-refractivity contribution in [3.63, 3.8) is 0 Å². The van der Waals surface area contributed by atoms with Crippen LogP contribution in [0.4, 0.5) is 0 Å². The highest BCUT2D eigenvalue weighted by Gasteiger charge is 2.24. The molecule has 1 aromatic carbocycles. The number of hydrogen-bond acceptors (Lipinski definition) is 3. The largest absolute Gasteiger partial charge is 0.497 e. The van der Waals surface area contributed by atoms with Crippen molar-refractivity contribution in [2.24, 2.45) is 0 Å². The van der Waals surface area contributed by atoms with Crippen LogP contribution in [0.1, 0.15) is 37.2 Å². The van der Waals surface area contributed by atoms with Gasteiger partial charge >= 0.3 is 0 Å². The average molecular weight is 323 g/mol. The van der Waals surface area contributed by atoms with E-state index in [0.717, 1.165) is 29.7 Å². The Bertz CT molecular complexity index is 614. The van der Waals surface area contributed by atoms with Crippen molar-refractivity contribution in [3.8, 4) is 17.1 Å². The van der Waals surface area contributed by atoms with E-state index < -0.39 is 0 Å². The smallest absolute Gasteiger partial charge is 0.162 e. The first-order valence-electron chi connectivity index (χ1n) is 7.06. The van der Waals surface area contributed by atoms with Gasteiger partial charge in [0.25, 0.3) is 0 Å². The molecule has 0 radical (unpaired) electrons. The Morgan fingerprint density at radius 1 is 1.00 bits per heavy atom. The van der Waals surface area contributed by atoms with Gasteiger partial charge < -0.3 is 4.74 Å². The summed E-state index contributed by atoms with van der Waals surface area (Å²) in [5.41, 5.74) is 1.78. The summed E-state index contributed by atoms with van der Waals surface area (Å²) in [7, 11) is 1.63. The predicted molar refractivity (Wildman–Crippen MR) is 85.2 cm³/mol. The molecular formula is C16H16Cl2N2O. The highest BCUT2D eigenvalue weighted by atomic mass is 35.5. The highest BCUT2D eigenvalue weighted by molar-refractivity contribution is 6.34. The van der Waals surface area contributed by atoms with Crippen molar-refractivity contribution < 1.29 is 4.74 Å². The predicted octanol–water partition coefficient (Wildman–Crippen LogP) is 5.12.